The first-order valence-corrected chi connectivity index (χ1v) is 9.05. The fourth-order valence-corrected chi connectivity index (χ4v) is 4.95. The van der Waals surface area contributed by atoms with Crippen LogP contribution in [0.3, 0.4) is 0 Å². The molecule has 2 heterocycles. The van der Waals surface area contributed by atoms with Crippen molar-refractivity contribution in [1.82, 2.24) is 4.31 Å². The predicted molar refractivity (Wildman–Crippen MR) is 82.3 cm³/mol. The summed E-state index contributed by atoms with van der Waals surface area (Å²) in [4.78, 5) is 0. The second-order valence-corrected chi connectivity index (χ2v) is 7.61. The molecule has 1 unspecified atom stereocenters. The van der Waals surface area contributed by atoms with Gasteiger partial charge in [-0.1, -0.05) is 24.6 Å². The van der Waals surface area contributed by atoms with E-state index in [1.54, 1.807) is 10.4 Å². The SMILES string of the molecule is O=S(=O)(N1CCCCC1)N1CCCC(O)c2ccccc21. The quantitative estimate of drug-likeness (QED) is 0.909. The van der Waals surface area contributed by atoms with Gasteiger partial charge in [0.15, 0.2) is 0 Å². The first-order valence-electron chi connectivity index (χ1n) is 7.65. The molecule has 1 fully saturated rings. The Balaban J connectivity index is 1.99. The van der Waals surface area contributed by atoms with Gasteiger partial charge in [-0.25, -0.2) is 0 Å². The smallest absolute Gasteiger partial charge is 0.304 e. The van der Waals surface area contributed by atoms with Crippen molar-refractivity contribution in [1.29, 1.82) is 0 Å². The normalized spacial score (nSPS) is 24.4. The van der Waals surface area contributed by atoms with Gasteiger partial charge < -0.3 is 5.11 Å². The third kappa shape index (κ3) is 2.80. The molecule has 1 N–H and O–H groups in total. The third-order valence-corrected chi connectivity index (χ3v) is 6.28. The Hall–Kier alpha value is -1.11. The summed E-state index contributed by atoms with van der Waals surface area (Å²) in [5.74, 6) is 0. The number of rotatable bonds is 2. The van der Waals surface area contributed by atoms with Crippen molar-refractivity contribution in [2.45, 2.75) is 38.2 Å². The van der Waals surface area contributed by atoms with Crippen LogP contribution in [0.2, 0.25) is 0 Å². The Bertz CT molecular complexity index is 597. The lowest BCUT2D eigenvalue weighted by Gasteiger charge is -2.33. The predicted octanol–water partition coefficient (Wildman–Crippen LogP) is 2.05. The van der Waals surface area contributed by atoms with Gasteiger partial charge in [-0.3, -0.25) is 4.31 Å². The van der Waals surface area contributed by atoms with Crippen LogP contribution >= 0.6 is 0 Å². The van der Waals surface area contributed by atoms with Crippen LogP contribution in [-0.4, -0.2) is 37.5 Å². The Morgan fingerprint density at radius 1 is 1.00 bits per heavy atom. The van der Waals surface area contributed by atoms with Crippen LogP contribution in [0.5, 0.6) is 0 Å². The minimum Gasteiger partial charge on any atom is -0.388 e. The van der Waals surface area contributed by atoms with Crippen molar-refractivity contribution in [3.8, 4) is 0 Å². The topological polar surface area (TPSA) is 60.9 Å². The molecule has 6 heteroatoms. The molecule has 2 aliphatic heterocycles. The molecular formula is C15H22N2O3S. The summed E-state index contributed by atoms with van der Waals surface area (Å²) in [6, 6.07) is 7.30. The second kappa shape index (κ2) is 5.94. The second-order valence-electron chi connectivity index (χ2n) is 5.76. The molecule has 1 atom stereocenters. The van der Waals surface area contributed by atoms with Crippen molar-refractivity contribution in [3.63, 3.8) is 0 Å². The Morgan fingerprint density at radius 2 is 1.71 bits per heavy atom. The maximum atomic E-state index is 12.9. The average Bonchev–Trinajstić information content (AvgIpc) is 2.68. The summed E-state index contributed by atoms with van der Waals surface area (Å²) in [7, 11) is -3.49. The van der Waals surface area contributed by atoms with Gasteiger partial charge >= 0.3 is 10.2 Å². The van der Waals surface area contributed by atoms with Gasteiger partial charge in [0.05, 0.1) is 11.8 Å². The van der Waals surface area contributed by atoms with Crippen molar-refractivity contribution in [2.75, 3.05) is 23.9 Å². The van der Waals surface area contributed by atoms with Gasteiger partial charge in [0, 0.05) is 25.2 Å². The molecule has 1 aromatic rings. The number of piperidine rings is 1. The number of nitrogens with zero attached hydrogens (tertiary/aromatic N) is 2. The van der Waals surface area contributed by atoms with Crippen molar-refractivity contribution in [3.05, 3.63) is 29.8 Å². The lowest BCUT2D eigenvalue weighted by molar-refractivity contribution is 0.168. The number of fused-ring (bicyclic) bond motifs is 1. The zero-order valence-electron chi connectivity index (χ0n) is 12.1. The van der Waals surface area contributed by atoms with Crippen LogP contribution in [-0.2, 0) is 10.2 Å². The highest BCUT2D eigenvalue weighted by atomic mass is 32.2. The zero-order chi connectivity index (χ0) is 14.9. The summed E-state index contributed by atoms with van der Waals surface area (Å²) in [5, 5.41) is 10.2. The molecule has 0 bridgehead atoms. The van der Waals surface area contributed by atoms with E-state index < -0.39 is 16.3 Å². The van der Waals surface area contributed by atoms with E-state index in [2.05, 4.69) is 0 Å². The molecular weight excluding hydrogens is 288 g/mol. The number of aliphatic hydroxyl groups is 1. The van der Waals surface area contributed by atoms with E-state index in [4.69, 9.17) is 0 Å². The number of aliphatic hydroxyl groups excluding tert-OH is 1. The molecule has 1 saturated heterocycles. The van der Waals surface area contributed by atoms with Crippen LogP contribution in [0.15, 0.2) is 24.3 Å². The molecule has 0 saturated carbocycles. The molecule has 116 valence electrons. The van der Waals surface area contributed by atoms with Gasteiger partial charge in [0.1, 0.15) is 0 Å². The summed E-state index contributed by atoms with van der Waals surface area (Å²) in [6.45, 7) is 1.64. The minimum absolute atomic E-state index is 0.437. The molecule has 0 aromatic heterocycles. The highest BCUT2D eigenvalue weighted by Gasteiger charge is 2.34. The average molecular weight is 310 g/mol. The standard InChI is InChI=1S/C15H22N2O3S/c18-15-9-6-12-17(14-8-3-2-7-13(14)15)21(19,20)16-10-4-1-5-11-16/h2-3,7-8,15,18H,1,4-6,9-12H2. The largest absolute Gasteiger partial charge is 0.388 e. The van der Waals surface area contributed by atoms with Crippen LogP contribution in [0.1, 0.15) is 43.8 Å². The molecule has 0 radical (unpaired) electrons. The van der Waals surface area contributed by atoms with Crippen molar-refractivity contribution >= 4 is 15.9 Å². The number of anilines is 1. The highest BCUT2D eigenvalue weighted by Crippen LogP contribution is 2.35. The van der Waals surface area contributed by atoms with Crippen LogP contribution in [0.4, 0.5) is 5.69 Å². The van der Waals surface area contributed by atoms with Crippen LogP contribution < -0.4 is 4.31 Å². The number of hydrogen-bond donors (Lipinski definition) is 1. The minimum atomic E-state index is -3.49. The fraction of sp³-hybridized carbons (Fsp3) is 0.600. The van der Waals surface area contributed by atoms with E-state index in [9.17, 15) is 13.5 Å². The lowest BCUT2D eigenvalue weighted by Crippen LogP contribution is -2.46. The van der Waals surface area contributed by atoms with Crippen molar-refractivity contribution in [2.24, 2.45) is 0 Å². The fourth-order valence-electron chi connectivity index (χ4n) is 3.18. The van der Waals surface area contributed by atoms with Crippen molar-refractivity contribution < 1.29 is 13.5 Å². The Labute approximate surface area is 126 Å². The van der Waals surface area contributed by atoms with E-state index in [0.717, 1.165) is 24.8 Å². The van der Waals surface area contributed by atoms with Crippen LogP contribution in [0.25, 0.3) is 0 Å². The van der Waals surface area contributed by atoms with E-state index in [0.29, 0.717) is 38.2 Å². The van der Waals surface area contributed by atoms with E-state index in [-0.39, 0.29) is 0 Å². The Kier molecular flexibility index (Phi) is 4.19. The van der Waals surface area contributed by atoms with E-state index in [1.165, 1.54) is 4.31 Å². The summed E-state index contributed by atoms with van der Waals surface area (Å²) < 4.78 is 28.9. The maximum Gasteiger partial charge on any atom is 0.304 e. The first kappa shape index (κ1) is 14.8. The molecule has 21 heavy (non-hydrogen) atoms. The first-order chi connectivity index (χ1) is 10.1. The van der Waals surface area contributed by atoms with Gasteiger partial charge in [-0.15, -0.1) is 0 Å². The summed E-state index contributed by atoms with van der Waals surface area (Å²) in [5.41, 5.74) is 1.35. The number of para-hydroxylation sites is 1. The van der Waals surface area contributed by atoms with Crippen LogP contribution in [0, 0.1) is 0 Å². The Morgan fingerprint density at radius 3 is 2.48 bits per heavy atom. The summed E-state index contributed by atoms with van der Waals surface area (Å²) in [6.07, 6.45) is 3.64. The van der Waals surface area contributed by atoms with Gasteiger partial charge in [-0.2, -0.15) is 12.7 Å². The van der Waals surface area contributed by atoms with E-state index in [1.807, 2.05) is 18.2 Å². The molecule has 0 amide bonds. The lowest BCUT2D eigenvalue weighted by atomic mass is 10.1. The highest BCUT2D eigenvalue weighted by molar-refractivity contribution is 7.90. The molecule has 1 aromatic carbocycles. The van der Waals surface area contributed by atoms with E-state index >= 15 is 0 Å². The number of hydrogen-bond acceptors (Lipinski definition) is 3. The van der Waals surface area contributed by atoms with Gasteiger partial charge in [0.2, 0.25) is 0 Å². The third-order valence-electron chi connectivity index (χ3n) is 4.32. The molecule has 3 rings (SSSR count). The number of benzene rings is 1. The monoisotopic (exact) mass is 310 g/mol. The summed E-state index contributed by atoms with van der Waals surface area (Å²) >= 11 is 0. The molecule has 5 nitrogen and oxygen atoms in total. The van der Waals surface area contributed by atoms with Gasteiger partial charge in [0.25, 0.3) is 0 Å². The zero-order valence-corrected chi connectivity index (χ0v) is 12.9. The molecule has 0 aliphatic carbocycles. The molecule has 2 aliphatic rings. The maximum absolute atomic E-state index is 12.9. The van der Waals surface area contributed by atoms with Gasteiger partial charge in [-0.05, 0) is 31.7 Å². The molecule has 0 spiro atoms.